The second-order valence-corrected chi connectivity index (χ2v) is 7.39. The number of hydrogen-bond acceptors (Lipinski definition) is 3. The summed E-state index contributed by atoms with van der Waals surface area (Å²) in [4.78, 5) is 37.4. The van der Waals surface area contributed by atoms with E-state index in [0.29, 0.717) is 17.3 Å². The van der Waals surface area contributed by atoms with E-state index in [1.807, 2.05) is 25.1 Å². The SMILES string of the molecule is CC(=O)Nc1ccc(N(CCC(=O)Nc2c(C)cccc2C(C)C)C(C)=O)cc1. The van der Waals surface area contributed by atoms with Crippen molar-refractivity contribution in [1.29, 1.82) is 0 Å². The van der Waals surface area contributed by atoms with Gasteiger partial charge in [0.15, 0.2) is 0 Å². The minimum atomic E-state index is -0.158. The molecule has 0 unspecified atom stereocenters. The molecule has 0 aliphatic carbocycles. The molecule has 2 aromatic rings. The smallest absolute Gasteiger partial charge is 0.226 e. The Morgan fingerprint density at radius 1 is 0.966 bits per heavy atom. The average molecular weight is 396 g/mol. The summed E-state index contributed by atoms with van der Waals surface area (Å²) in [6.45, 7) is 9.33. The highest BCUT2D eigenvalue weighted by molar-refractivity contribution is 5.96. The van der Waals surface area contributed by atoms with Gasteiger partial charge in [-0.15, -0.1) is 0 Å². The van der Waals surface area contributed by atoms with E-state index >= 15 is 0 Å². The number of aryl methyl sites for hydroxylation is 1. The fourth-order valence-corrected chi connectivity index (χ4v) is 3.15. The van der Waals surface area contributed by atoms with Crippen molar-refractivity contribution in [2.24, 2.45) is 0 Å². The Bertz CT molecular complexity index is 889. The molecule has 0 fully saturated rings. The highest BCUT2D eigenvalue weighted by atomic mass is 16.2. The lowest BCUT2D eigenvalue weighted by Crippen LogP contribution is -2.32. The Morgan fingerprint density at radius 2 is 1.62 bits per heavy atom. The Balaban J connectivity index is 2.07. The second-order valence-electron chi connectivity index (χ2n) is 7.39. The first kappa shape index (κ1) is 22.1. The van der Waals surface area contributed by atoms with E-state index in [4.69, 9.17) is 0 Å². The Morgan fingerprint density at radius 3 is 2.17 bits per heavy atom. The monoisotopic (exact) mass is 395 g/mol. The van der Waals surface area contributed by atoms with Gasteiger partial charge in [-0.1, -0.05) is 32.0 Å². The van der Waals surface area contributed by atoms with Gasteiger partial charge in [0.1, 0.15) is 0 Å². The molecule has 0 spiro atoms. The maximum atomic E-state index is 12.6. The van der Waals surface area contributed by atoms with Crippen molar-refractivity contribution in [3.8, 4) is 0 Å². The van der Waals surface area contributed by atoms with Crippen LogP contribution in [0, 0.1) is 6.92 Å². The molecule has 0 aliphatic heterocycles. The number of hydrogen-bond donors (Lipinski definition) is 2. The number of amides is 3. The first-order chi connectivity index (χ1) is 13.7. The van der Waals surface area contributed by atoms with E-state index in [0.717, 1.165) is 16.8 Å². The van der Waals surface area contributed by atoms with Crippen LogP contribution >= 0.6 is 0 Å². The van der Waals surface area contributed by atoms with Crippen LogP contribution in [-0.4, -0.2) is 24.3 Å². The van der Waals surface area contributed by atoms with E-state index in [9.17, 15) is 14.4 Å². The number of para-hydroxylation sites is 1. The highest BCUT2D eigenvalue weighted by Gasteiger charge is 2.16. The number of carbonyl (C=O) groups is 3. The van der Waals surface area contributed by atoms with Gasteiger partial charge in [0.25, 0.3) is 0 Å². The third kappa shape index (κ3) is 6.17. The van der Waals surface area contributed by atoms with Crippen LogP contribution in [0.5, 0.6) is 0 Å². The molecule has 2 N–H and O–H groups in total. The predicted molar refractivity (Wildman–Crippen MR) is 117 cm³/mol. The summed E-state index contributed by atoms with van der Waals surface area (Å²) in [6, 6.07) is 12.9. The van der Waals surface area contributed by atoms with Gasteiger partial charge in [0.2, 0.25) is 17.7 Å². The second kappa shape index (κ2) is 9.87. The summed E-state index contributed by atoms with van der Waals surface area (Å²) in [5.74, 6) is -0.151. The molecule has 0 aliphatic rings. The molecule has 29 heavy (non-hydrogen) atoms. The molecule has 6 nitrogen and oxygen atoms in total. The first-order valence-electron chi connectivity index (χ1n) is 9.74. The molecule has 0 saturated carbocycles. The van der Waals surface area contributed by atoms with Crippen LogP contribution in [0.4, 0.5) is 17.1 Å². The number of anilines is 3. The van der Waals surface area contributed by atoms with Crippen LogP contribution in [-0.2, 0) is 14.4 Å². The molecule has 3 amide bonds. The molecule has 0 atom stereocenters. The van der Waals surface area contributed by atoms with E-state index < -0.39 is 0 Å². The van der Waals surface area contributed by atoms with Gasteiger partial charge in [0.05, 0.1) is 0 Å². The number of benzene rings is 2. The minimum Gasteiger partial charge on any atom is -0.326 e. The Kier molecular flexibility index (Phi) is 7.53. The molecule has 0 bridgehead atoms. The molecule has 6 heteroatoms. The lowest BCUT2D eigenvalue weighted by atomic mass is 9.98. The predicted octanol–water partition coefficient (Wildman–Crippen LogP) is 4.46. The van der Waals surface area contributed by atoms with Crippen LogP contribution in [0.25, 0.3) is 0 Å². The van der Waals surface area contributed by atoms with Gasteiger partial charge in [0, 0.05) is 43.9 Å². The summed E-state index contributed by atoms with van der Waals surface area (Å²) in [7, 11) is 0. The molecular formula is C23H29N3O3. The summed E-state index contributed by atoms with van der Waals surface area (Å²) < 4.78 is 0. The van der Waals surface area contributed by atoms with E-state index in [2.05, 4.69) is 24.5 Å². The van der Waals surface area contributed by atoms with Gasteiger partial charge in [-0.25, -0.2) is 0 Å². The zero-order chi connectivity index (χ0) is 21.6. The van der Waals surface area contributed by atoms with Gasteiger partial charge in [-0.3, -0.25) is 14.4 Å². The number of carbonyl (C=O) groups excluding carboxylic acids is 3. The normalized spacial score (nSPS) is 10.6. The van der Waals surface area contributed by atoms with Gasteiger partial charge >= 0.3 is 0 Å². The maximum Gasteiger partial charge on any atom is 0.226 e. The van der Waals surface area contributed by atoms with Crippen LogP contribution < -0.4 is 15.5 Å². The van der Waals surface area contributed by atoms with E-state index in [-0.39, 0.29) is 30.7 Å². The third-order valence-corrected chi connectivity index (χ3v) is 4.63. The summed E-state index contributed by atoms with van der Waals surface area (Å²) in [6.07, 6.45) is 0.179. The fraction of sp³-hybridized carbons (Fsp3) is 0.348. The van der Waals surface area contributed by atoms with Crippen molar-refractivity contribution in [3.05, 3.63) is 53.6 Å². The highest BCUT2D eigenvalue weighted by Crippen LogP contribution is 2.27. The maximum absolute atomic E-state index is 12.6. The zero-order valence-electron chi connectivity index (χ0n) is 17.7. The van der Waals surface area contributed by atoms with Crippen LogP contribution in [0.15, 0.2) is 42.5 Å². The number of rotatable bonds is 7. The molecule has 2 aromatic carbocycles. The van der Waals surface area contributed by atoms with Crippen LogP contribution in [0.2, 0.25) is 0 Å². The van der Waals surface area contributed by atoms with Crippen molar-refractivity contribution in [3.63, 3.8) is 0 Å². The molecule has 0 radical (unpaired) electrons. The van der Waals surface area contributed by atoms with Crippen molar-refractivity contribution in [2.75, 3.05) is 22.1 Å². The summed E-state index contributed by atoms with van der Waals surface area (Å²) in [5.41, 5.74) is 4.29. The van der Waals surface area contributed by atoms with Crippen molar-refractivity contribution >= 4 is 34.8 Å². The quantitative estimate of drug-likeness (QED) is 0.726. The molecule has 2 rings (SSSR count). The lowest BCUT2D eigenvalue weighted by Gasteiger charge is -2.22. The zero-order valence-corrected chi connectivity index (χ0v) is 17.7. The van der Waals surface area contributed by atoms with Gasteiger partial charge in [-0.05, 0) is 48.2 Å². The standard InChI is InChI=1S/C23H29N3O3/c1-15(2)21-8-6-7-16(3)23(21)25-22(29)13-14-26(18(5)28)20-11-9-19(10-12-20)24-17(4)27/h6-12,15H,13-14H2,1-5H3,(H,24,27)(H,25,29). The summed E-state index contributed by atoms with van der Waals surface area (Å²) >= 11 is 0. The Labute approximate surface area is 172 Å². The number of nitrogens with one attached hydrogen (secondary N) is 2. The third-order valence-electron chi connectivity index (χ3n) is 4.63. The van der Waals surface area contributed by atoms with Gasteiger partial charge < -0.3 is 15.5 Å². The lowest BCUT2D eigenvalue weighted by molar-refractivity contribution is -0.117. The topological polar surface area (TPSA) is 78.5 Å². The Hall–Kier alpha value is -3.15. The van der Waals surface area contributed by atoms with Crippen LogP contribution in [0.1, 0.15) is 51.2 Å². The molecule has 0 heterocycles. The molecule has 0 saturated heterocycles. The van der Waals surface area contributed by atoms with E-state index in [1.54, 1.807) is 29.2 Å². The average Bonchev–Trinajstić information content (AvgIpc) is 2.64. The van der Waals surface area contributed by atoms with Crippen LogP contribution in [0.3, 0.4) is 0 Å². The molecule has 0 aromatic heterocycles. The largest absolute Gasteiger partial charge is 0.326 e. The summed E-state index contributed by atoms with van der Waals surface area (Å²) in [5, 5.41) is 5.70. The van der Waals surface area contributed by atoms with Gasteiger partial charge in [-0.2, -0.15) is 0 Å². The number of nitrogens with zero attached hydrogens (tertiary/aromatic N) is 1. The first-order valence-corrected chi connectivity index (χ1v) is 9.74. The minimum absolute atomic E-state index is 0.137. The van der Waals surface area contributed by atoms with Crippen molar-refractivity contribution < 1.29 is 14.4 Å². The fourth-order valence-electron chi connectivity index (χ4n) is 3.15. The van der Waals surface area contributed by atoms with Crippen molar-refractivity contribution in [2.45, 2.75) is 47.0 Å². The van der Waals surface area contributed by atoms with Crippen molar-refractivity contribution in [1.82, 2.24) is 0 Å². The molecule has 154 valence electrons. The molecular weight excluding hydrogens is 366 g/mol. The van der Waals surface area contributed by atoms with E-state index in [1.165, 1.54) is 13.8 Å².